The molecule has 0 spiro atoms. The molecular formula is C13H16N2O2. The van der Waals surface area contributed by atoms with Crippen LogP contribution in [0.3, 0.4) is 0 Å². The number of aromatic nitrogens is 1. The summed E-state index contributed by atoms with van der Waals surface area (Å²) >= 11 is 0. The third kappa shape index (κ3) is 2.91. The van der Waals surface area contributed by atoms with Crippen molar-refractivity contribution in [3.8, 4) is 0 Å². The molecule has 1 amide bonds. The van der Waals surface area contributed by atoms with Crippen LogP contribution < -0.4 is 5.32 Å². The average Bonchev–Trinajstić information content (AvgIpc) is 2.40. The summed E-state index contributed by atoms with van der Waals surface area (Å²) < 4.78 is 5.75. The largest absolute Gasteiger partial charge is 0.371 e. The monoisotopic (exact) mass is 232 g/mol. The minimum Gasteiger partial charge on any atom is -0.371 e. The van der Waals surface area contributed by atoms with E-state index < -0.39 is 0 Å². The minimum absolute atomic E-state index is 0.0108. The van der Waals surface area contributed by atoms with E-state index in [0.29, 0.717) is 0 Å². The van der Waals surface area contributed by atoms with Gasteiger partial charge in [0.25, 0.3) is 0 Å². The molecule has 1 aromatic heterocycles. The van der Waals surface area contributed by atoms with Gasteiger partial charge in [-0.05, 0) is 36.6 Å². The Hall–Kier alpha value is -1.68. The smallest absolute Gasteiger partial charge is 0.243 e. The van der Waals surface area contributed by atoms with E-state index in [1.54, 1.807) is 12.4 Å². The molecule has 2 atom stereocenters. The van der Waals surface area contributed by atoms with Crippen molar-refractivity contribution in [1.29, 1.82) is 0 Å². The summed E-state index contributed by atoms with van der Waals surface area (Å²) in [6, 6.07) is 3.85. The van der Waals surface area contributed by atoms with Gasteiger partial charge in [0.2, 0.25) is 5.91 Å². The summed E-state index contributed by atoms with van der Waals surface area (Å²) in [4.78, 5) is 15.3. The van der Waals surface area contributed by atoms with E-state index in [0.717, 1.165) is 25.0 Å². The highest BCUT2D eigenvalue weighted by atomic mass is 16.5. The first-order chi connectivity index (χ1) is 8.31. The van der Waals surface area contributed by atoms with Gasteiger partial charge in [-0.15, -0.1) is 0 Å². The number of hydrogen-bond donors (Lipinski definition) is 1. The van der Waals surface area contributed by atoms with E-state index in [9.17, 15) is 4.79 Å². The molecule has 0 saturated carbocycles. The summed E-state index contributed by atoms with van der Waals surface area (Å²) in [5.74, 6) is -0.153. The molecule has 2 rings (SSSR count). The second-order valence-corrected chi connectivity index (χ2v) is 4.03. The Labute approximate surface area is 101 Å². The molecule has 0 unspecified atom stereocenters. The second-order valence-electron chi connectivity index (χ2n) is 4.03. The van der Waals surface area contributed by atoms with Crippen LogP contribution in [0.5, 0.6) is 0 Å². The van der Waals surface area contributed by atoms with E-state index in [1.165, 1.54) is 6.08 Å². The fourth-order valence-corrected chi connectivity index (χ4v) is 2.05. The predicted octanol–water partition coefficient (Wildman–Crippen LogP) is 1.60. The number of carbonyl (C=O) groups is 1. The van der Waals surface area contributed by atoms with E-state index in [2.05, 4.69) is 16.9 Å². The Morgan fingerprint density at radius 1 is 1.53 bits per heavy atom. The lowest BCUT2D eigenvalue weighted by molar-refractivity contribution is -0.119. The Morgan fingerprint density at radius 2 is 2.29 bits per heavy atom. The van der Waals surface area contributed by atoms with Crippen molar-refractivity contribution >= 4 is 5.91 Å². The molecule has 17 heavy (non-hydrogen) atoms. The van der Waals surface area contributed by atoms with Gasteiger partial charge in [0, 0.05) is 19.0 Å². The lowest BCUT2D eigenvalue weighted by Crippen LogP contribution is -2.42. The van der Waals surface area contributed by atoms with Crippen LogP contribution in [-0.4, -0.2) is 23.5 Å². The van der Waals surface area contributed by atoms with Crippen molar-refractivity contribution in [2.45, 2.75) is 25.0 Å². The van der Waals surface area contributed by atoms with Gasteiger partial charge in [-0.3, -0.25) is 9.78 Å². The fraction of sp³-hybridized carbons (Fsp3) is 0.385. The maximum absolute atomic E-state index is 11.4. The normalized spacial score (nSPS) is 24.0. The standard InChI is InChI=1S/C13H16N2O2/c1-2-12(16)15-11-4-3-9-17-13(11)10-5-7-14-8-6-10/h2,5-8,11,13H,1,3-4,9H2,(H,15,16)/t11-,13+/m1/s1. The molecular weight excluding hydrogens is 216 g/mol. The third-order valence-corrected chi connectivity index (χ3v) is 2.87. The maximum Gasteiger partial charge on any atom is 0.243 e. The van der Waals surface area contributed by atoms with Crippen LogP contribution in [0, 0.1) is 0 Å². The zero-order valence-electron chi connectivity index (χ0n) is 9.63. The highest BCUT2D eigenvalue weighted by Gasteiger charge is 2.28. The first-order valence-electron chi connectivity index (χ1n) is 5.75. The number of carbonyl (C=O) groups excluding carboxylic acids is 1. The van der Waals surface area contributed by atoms with Gasteiger partial charge in [0.15, 0.2) is 0 Å². The molecule has 0 radical (unpaired) electrons. The van der Waals surface area contributed by atoms with Crippen molar-refractivity contribution in [1.82, 2.24) is 10.3 Å². The van der Waals surface area contributed by atoms with Gasteiger partial charge >= 0.3 is 0 Å². The van der Waals surface area contributed by atoms with Crippen molar-refractivity contribution in [3.05, 3.63) is 42.7 Å². The Kier molecular flexibility index (Phi) is 3.88. The molecule has 0 aliphatic carbocycles. The summed E-state index contributed by atoms with van der Waals surface area (Å²) in [5.41, 5.74) is 1.05. The van der Waals surface area contributed by atoms with Crippen molar-refractivity contribution in [2.75, 3.05) is 6.61 Å². The number of rotatable bonds is 3. The zero-order valence-corrected chi connectivity index (χ0v) is 9.63. The molecule has 2 heterocycles. The Balaban J connectivity index is 2.12. The molecule has 0 aromatic carbocycles. The van der Waals surface area contributed by atoms with Crippen LogP contribution in [0.2, 0.25) is 0 Å². The number of amides is 1. The summed E-state index contributed by atoms with van der Waals surface area (Å²) in [5, 5.41) is 2.91. The number of pyridine rings is 1. The first kappa shape index (κ1) is 11.8. The van der Waals surface area contributed by atoms with Gasteiger partial charge in [0.05, 0.1) is 6.04 Å². The van der Waals surface area contributed by atoms with E-state index in [4.69, 9.17) is 4.74 Å². The molecule has 4 heteroatoms. The SMILES string of the molecule is C=CC(=O)N[C@@H]1CCCO[C@H]1c1ccncc1. The van der Waals surface area contributed by atoms with Gasteiger partial charge in [-0.25, -0.2) is 0 Å². The molecule has 4 nitrogen and oxygen atoms in total. The van der Waals surface area contributed by atoms with Crippen molar-refractivity contribution < 1.29 is 9.53 Å². The molecule has 1 aliphatic rings. The van der Waals surface area contributed by atoms with Crippen LogP contribution in [-0.2, 0) is 9.53 Å². The fourth-order valence-electron chi connectivity index (χ4n) is 2.05. The van der Waals surface area contributed by atoms with E-state index >= 15 is 0 Å². The second kappa shape index (κ2) is 5.59. The molecule has 1 fully saturated rings. The van der Waals surface area contributed by atoms with Crippen LogP contribution >= 0.6 is 0 Å². The Morgan fingerprint density at radius 3 is 3.00 bits per heavy atom. The van der Waals surface area contributed by atoms with Gasteiger partial charge < -0.3 is 10.1 Å². The number of nitrogens with zero attached hydrogens (tertiary/aromatic N) is 1. The van der Waals surface area contributed by atoms with E-state index in [-0.39, 0.29) is 18.1 Å². The number of nitrogens with one attached hydrogen (secondary N) is 1. The minimum atomic E-state index is -0.153. The van der Waals surface area contributed by atoms with Crippen molar-refractivity contribution in [2.24, 2.45) is 0 Å². The number of ether oxygens (including phenoxy) is 1. The molecule has 90 valence electrons. The predicted molar refractivity (Wildman–Crippen MR) is 64.3 cm³/mol. The zero-order chi connectivity index (χ0) is 12.1. The summed E-state index contributed by atoms with van der Waals surface area (Å²) in [6.45, 7) is 4.19. The first-order valence-corrected chi connectivity index (χ1v) is 5.75. The van der Waals surface area contributed by atoms with Gasteiger partial charge in [-0.2, -0.15) is 0 Å². The third-order valence-electron chi connectivity index (χ3n) is 2.87. The lowest BCUT2D eigenvalue weighted by Gasteiger charge is -2.32. The lowest BCUT2D eigenvalue weighted by atomic mass is 9.96. The summed E-state index contributed by atoms with van der Waals surface area (Å²) in [7, 11) is 0. The average molecular weight is 232 g/mol. The molecule has 0 bridgehead atoms. The Bertz CT molecular complexity index is 392. The molecule has 1 aliphatic heterocycles. The topological polar surface area (TPSA) is 51.2 Å². The van der Waals surface area contributed by atoms with Gasteiger partial charge in [-0.1, -0.05) is 6.58 Å². The molecule has 1 saturated heterocycles. The highest BCUT2D eigenvalue weighted by molar-refractivity contribution is 5.87. The van der Waals surface area contributed by atoms with Crippen molar-refractivity contribution in [3.63, 3.8) is 0 Å². The highest BCUT2D eigenvalue weighted by Crippen LogP contribution is 2.27. The van der Waals surface area contributed by atoms with Crippen LogP contribution in [0.1, 0.15) is 24.5 Å². The maximum atomic E-state index is 11.4. The van der Waals surface area contributed by atoms with Gasteiger partial charge in [0.1, 0.15) is 6.10 Å². The van der Waals surface area contributed by atoms with E-state index in [1.807, 2.05) is 12.1 Å². The molecule has 1 aromatic rings. The number of hydrogen-bond acceptors (Lipinski definition) is 3. The van der Waals surface area contributed by atoms with Crippen LogP contribution in [0.4, 0.5) is 0 Å². The quantitative estimate of drug-likeness (QED) is 0.805. The summed E-state index contributed by atoms with van der Waals surface area (Å²) in [6.07, 6.45) is 6.56. The van der Waals surface area contributed by atoms with Crippen LogP contribution in [0.15, 0.2) is 37.2 Å². The van der Waals surface area contributed by atoms with Crippen LogP contribution in [0.25, 0.3) is 0 Å². The molecule has 1 N–H and O–H groups in total.